The van der Waals surface area contributed by atoms with Gasteiger partial charge in [-0.25, -0.2) is 0 Å². The number of benzene rings is 1. The molecule has 0 heterocycles. The summed E-state index contributed by atoms with van der Waals surface area (Å²) in [6.07, 6.45) is 2.38. The molecule has 0 spiro atoms. The van der Waals surface area contributed by atoms with Gasteiger partial charge in [0.05, 0.1) is 6.04 Å². The van der Waals surface area contributed by atoms with Crippen molar-refractivity contribution in [1.29, 1.82) is 0 Å². The summed E-state index contributed by atoms with van der Waals surface area (Å²) in [6, 6.07) is 8.22. The van der Waals surface area contributed by atoms with Gasteiger partial charge in [0, 0.05) is 6.42 Å². The first-order chi connectivity index (χ1) is 9.35. The summed E-state index contributed by atoms with van der Waals surface area (Å²) in [4.78, 5) is 12.0. The van der Waals surface area contributed by atoms with E-state index in [-0.39, 0.29) is 17.4 Å². The molecule has 1 atom stereocenters. The molecule has 0 saturated heterocycles. The Balaban J connectivity index is 2.49. The van der Waals surface area contributed by atoms with Crippen molar-refractivity contribution in [1.82, 2.24) is 5.32 Å². The molecule has 0 saturated carbocycles. The number of amides is 1. The minimum Gasteiger partial charge on any atom is -0.350 e. The van der Waals surface area contributed by atoms with Crippen molar-refractivity contribution in [2.24, 2.45) is 11.1 Å². The Morgan fingerprint density at radius 3 is 2.55 bits per heavy atom. The maximum absolute atomic E-state index is 12.0. The number of carbonyl (C=O) groups excluding carboxylic acids is 1. The fourth-order valence-electron chi connectivity index (χ4n) is 2.43. The molecule has 0 aliphatic carbocycles. The van der Waals surface area contributed by atoms with Crippen molar-refractivity contribution in [3.05, 3.63) is 35.4 Å². The van der Waals surface area contributed by atoms with E-state index in [2.05, 4.69) is 38.2 Å². The van der Waals surface area contributed by atoms with Gasteiger partial charge in [0.15, 0.2) is 0 Å². The van der Waals surface area contributed by atoms with Gasteiger partial charge in [0.2, 0.25) is 5.91 Å². The summed E-state index contributed by atoms with van der Waals surface area (Å²) in [6.45, 7) is 9.11. The minimum atomic E-state index is 0.0568. The van der Waals surface area contributed by atoms with E-state index in [1.165, 1.54) is 11.1 Å². The van der Waals surface area contributed by atoms with Crippen LogP contribution in [0.15, 0.2) is 24.3 Å². The van der Waals surface area contributed by atoms with Crippen LogP contribution in [0.3, 0.4) is 0 Å². The molecule has 0 aliphatic heterocycles. The normalized spacial score (nSPS) is 13.1. The lowest BCUT2D eigenvalue weighted by molar-refractivity contribution is -0.122. The highest BCUT2D eigenvalue weighted by Crippen LogP contribution is 2.26. The second kappa shape index (κ2) is 7.44. The smallest absolute Gasteiger partial charge is 0.220 e. The Morgan fingerprint density at radius 1 is 1.30 bits per heavy atom. The number of hydrogen-bond acceptors (Lipinski definition) is 2. The Morgan fingerprint density at radius 2 is 1.95 bits per heavy atom. The van der Waals surface area contributed by atoms with E-state index in [1.54, 1.807) is 0 Å². The fraction of sp³-hybridized carbons (Fsp3) is 0.588. The SMILES string of the molecule is Cc1ccccc1[C@H](C)NC(=O)CCC(C)(C)CCN. The maximum Gasteiger partial charge on any atom is 0.220 e. The third-order valence-corrected chi connectivity index (χ3v) is 3.88. The lowest BCUT2D eigenvalue weighted by atomic mass is 9.84. The number of nitrogens with one attached hydrogen (secondary N) is 1. The molecule has 0 fully saturated rings. The summed E-state index contributed by atoms with van der Waals surface area (Å²) in [5, 5.41) is 3.08. The van der Waals surface area contributed by atoms with Gasteiger partial charge in [-0.15, -0.1) is 0 Å². The van der Waals surface area contributed by atoms with Crippen LogP contribution in [0.1, 0.15) is 57.2 Å². The molecule has 0 radical (unpaired) electrons. The van der Waals surface area contributed by atoms with Crippen molar-refractivity contribution in [3.8, 4) is 0 Å². The number of hydrogen-bond donors (Lipinski definition) is 2. The zero-order valence-corrected chi connectivity index (χ0v) is 13.2. The molecule has 3 N–H and O–H groups in total. The molecule has 20 heavy (non-hydrogen) atoms. The largest absolute Gasteiger partial charge is 0.350 e. The van der Waals surface area contributed by atoms with Gasteiger partial charge in [-0.2, -0.15) is 0 Å². The third kappa shape index (κ3) is 5.33. The summed E-state index contributed by atoms with van der Waals surface area (Å²) < 4.78 is 0. The molecule has 0 bridgehead atoms. The van der Waals surface area contributed by atoms with Gasteiger partial charge >= 0.3 is 0 Å². The highest BCUT2D eigenvalue weighted by molar-refractivity contribution is 5.76. The van der Waals surface area contributed by atoms with Crippen molar-refractivity contribution in [2.75, 3.05) is 6.54 Å². The van der Waals surface area contributed by atoms with E-state index in [0.717, 1.165) is 12.8 Å². The lowest BCUT2D eigenvalue weighted by Crippen LogP contribution is -2.28. The topological polar surface area (TPSA) is 55.1 Å². The first-order valence-electron chi connectivity index (χ1n) is 7.41. The summed E-state index contributed by atoms with van der Waals surface area (Å²) in [5.74, 6) is 0.117. The van der Waals surface area contributed by atoms with Crippen LogP contribution in [-0.4, -0.2) is 12.5 Å². The number of aryl methyl sites for hydroxylation is 1. The van der Waals surface area contributed by atoms with E-state index in [0.29, 0.717) is 13.0 Å². The second-order valence-electron chi connectivity index (χ2n) is 6.35. The lowest BCUT2D eigenvalue weighted by Gasteiger charge is -2.24. The first kappa shape index (κ1) is 16.7. The Hall–Kier alpha value is -1.35. The van der Waals surface area contributed by atoms with Gasteiger partial charge in [-0.1, -0.05) is 38.1 Å². The Labute approximate surface area is 122 Å². The highest BCUT2D eigenvalue weighted by atomic mass is 16.1. The van der Waals surface area contributed by atoms with Crippen LogP contribution in [0.5, 0.6) is 0 Å². The quantitative estimate of drug-likeness (QED) is 0.802. The zero-order chi connectivity index (χ0) is 15.2. The molecule has 1 aromatic rings. The second-order valence-corrected chi connectivity index (χ2v) is 6.35. The van der Waals surface area contributed by atoms with E-state index >= 15 is 0 Å². The van der Waals surface area contributed by atoms with Gasteiger partial charge < -0.3 is 11.1 Å². The fourth-order valence-corrected chi connectivity index (χ4v) is 2.43. The Bertz CT molecular complexity index is 440. The van der Waals surface area contributed by atoms with Crippen LogP contribution in [0, 0.1) is 12.3 Å². The molecular formula is C17H28N2O. The molecule has 1 rings (SSSR count). The van der Waals surface area contributed by atoms with Gasteiger partial charge in [0.1, 0.15) is 0 Å². The molecule has 0 aromatic heterocycles. The molecule has 1 aromatic carbocycles. The molecule has 0 unspecified atom stereocenters. The van der Waals surface area contributed by atoms with Crippen molar-refractivity contribution in [2.45, 2.75) is 53.0 Å². The molecular weight excluding hydrogens is 248 g/mol. The van der Waals surface area contributed by atoms with Gasteiger partial charge in [-0.05, 0) is 49.8 Å². The predicted molar refractivity (Wildman–Crippen MR) is 84.4 cm³/mol. The van der Waals surface area contributed by atoms with E-state index in [1.807, 2.05) is 19.1 Å². The zero-order valence-electron chi connectivity index (χ0n) is 13.2. The minimum absolute atomic E-state index is 0.0568. The predicted octanol–water partition coefficient (Wildman–Crippen LogP) is 3.33. The highest BCUT2D eigenvalue weighted by Gasteiger charge is 2.19. The maximum atomic E-state index is 12.0. The van der Waals surface area contributed by atoms with Crippen LogP contribution in [0.4, 0.5) is 0 Å². The van der Waals surface area contributed by atoms with Crippen LogP contribution in [0.2, 0.25) is 0 Å². The van der Waals surface area contributed by atoms with E-state index < -0.39 is 0 Å². The van der Waals surface area contributed by atoms with E-state index in [4.69, 9.17) is 5.73 Å². The standard InChI is InChI=1S/C17H28N2O/c1-13-7-5-6-8-15(13)14(2)19-16(20)9-10-17(3,4)11-12-18/h5-8,14H,9-12,18H2,1-4H3,(H,19,20)/t14-/m0/s1. The number of carbonyl (C=O) groups is 1. The van der Waals surface area contributed by atoms with Crippen molar-refractivity contribution >= 4 is 5.91 Å². The van der Waals surface area contributed by atoms with Crippen LogP contribution >= 0.6 is 0 Å². The average molecular weight is 276 g/mol. The summed E-state index contributed by atoms with van der Waals surface area (Å²) >= 11 is 0. The molecule has 3 nitrogen and oxygen atoms in total. The molecule has 1 amide bonds. The monoisotopic (exact) mass is 276 g/mol. The Kier molecular flexibility index (Phi) is 6.21. The van der Waals surface area contributed by atoms with Crippen LogP contribution in [0.25, 0.3) is 0 Å². The van der Waals surface area contributed by atoms with Crippen molar-refractivity contribution in [3.63, 3.8) is 0 Å². The summed E-state index contributed by atoms with van der Waals surface area (Å²) in [7, 11) is 0. The summed E-state index contributed by atoms with van der Waals surface area (Å²) in [5.41, 5.74) is 8.13. The molecule has 112 valence electrons. The van der Waals surface area contributed by atoms with E-state index in [9.17, 15) is 4.79 Å². The van der Waals surface area contributed by atoms with Crippen LogP contribution in [-0.2, 0) is 4.79 Å². The van der Waals surface area contributed by atoms with Gasteiger partial charge in [-0.3, -0.25) is 4.79 Å². The number of nitrogens with two attached hydrogens (primary N) is 1. The van der Waals surface area contributed by atoms with Crippen LogP contribution < -0.4 is 11.1 Å². The first-order valence-corrected chi connectivity index (χ1v) is 7.41. The van der Waals surface area contributed by atoms with Crippen molar-refractivity contribution < 1.29 is 4.79 Å². The van der Waals surface area contributed by atoms with Gasteiger partial charge in [0.25, 0.3) is 0 Å². The number of rotatable bonds is 7. The molecule has 0 aliphatic rings. The average Bonchev–Trinajstić information content (AvgIpc) is 2.37. The third-order valence-electron chi connectivity index (χ3n) is 3.88. The molecule has 3 heteroatoms.